The molecule has 0 bridgehead atoms. The van der Waals surface area contributed by atoms with Crippen LogP contribution in [-0.4, -0.2) is 37.5 Å². The van der Waals surface area contributed by atoms with E-state index in [2.05, 4.69) is 4.74 Å². The van der Waals surface area contributed by atoms with Gasteiger partial charge < -0.3 is 0 Å². The zero-order valence-electron chi connectivity index (χ0n) is 5.32. The number of nitrogens with zero attached hydrogens (tertiary/aromatic N) is 1. The Morgan fingerprint density at radius 1 is 1.30 bits per heavy atom. The maximum Gasteiger partial charge on any atom is 0.522 e. The molecule has 1 aliphatic rings. The summed E-state index contributed by atoms with van der Waals surface area (Å²) in [6.45, 7) is 1.95. The molecule has 1 fully saturated rings. The van der Waals surface area contributed by atoms with Gasteiger partial charge in [-0.15, -0.1) is 13.2 Å². The Hall–Kier alpha value is -0.290. The minimum atomic E-state index is -4.46. The van der Waals surface area contributed by atoms with E-state index in [1.54, 1.807) is 0 Å². The summed E-state index contributed by atoms with van der Waals surface area (Å²) in [6, 6.07) is 0. The third-order valence-electron chi connectivity index (χ3n) is 1.21. The average molecular weight is 155 g/mol. The normalized spacial score (nSPS) is 19.5. The van der Waals surface area contributed by atoms with Gasteiger partial charge in [0.05, 0.1) is 6.61 Å². The van der Waals surface area contributed by atoms with Crippen molar-refractivity contribution in [2.24, 2.45) is 0 Å². The molecule has 0 aliphatic carbocycles. The lowest BCUT2D eigenvalue weighted by Gasteiger charge is -2.06. The number of ether oxygens (including phenoxy) is 1. The summed E-state index contributed by atoms with van der Waals surface area (Å²) in [7, 11) is 0. The van der Waals surface area contributed by atoms with Crippen molar-refractivity contribution in [1.29, 1.82) is 0 Å². The molecule has 1 saturated heterocycles. The summed E-state index contributed by atoms with van der Waals surface area (Å²) < 4.78 is 37.4. The van der Waals surface area contributed by atoms with Gasteiger partial charge in [0.25, 0.3) is 0 Å². The van der Waals surface area contributed by atoms with E-state index in [0.29, 0.717) is 6.54 Å². The number of hydrogen-bond acceptors (Lipinski definition) is 2. The Kier molecular flexibility index (Phi) is 2.15. The standard InChI is InChI=1S/C5H8F3NO/c6-5(7,8)10-4-3-9-1-2-9/h1-4H2. The minimum Gasteiger partial charge on any atom is -0.299 e. The molecule has 0 N–H and O–H groups in total. The molecule has 1 aliphatic heterocycles. The smallest absolute Gasteiger partial charge is 0.299 e. The SMILES string of the molecule is FC(F)(F)OCCN1CC1. The van der Waals surface area contributed by atoms with Crippen molar-refractivity contribution in [1.82, 2.24) is 4.90 Å². The van der Waals surface area contributed by atoms with Crippen LogP contribution in [0.5, 0.6) is 0 Å². The van der Waals surface area contributed by atoms with Crippen LogP contribution in [0.1, 0.15) is 0 Å². The Balaban J connectivity index is 1.93. The van der Waals surface area contributed by atoms with Gasteiger partial charge in [0.1, 0.15) is 0 Å². The largest absolute Gasteiger partial charge is 0.522 e. The second-order valence-corrected chi connectivity index (χ2v) is 2.14. The van der Waals surface area contributed by atoms with Gasteiger partial charge in [0.2, 0.25) is 0 Å². The van der Waals surface area contributed by atoms with E-state index < -0.39 is 6.36 Å². The molecule has 60 valence electrons. The molecule has 1 rings (SSSR count). The van der Waals surface area contributed by atoms with Crippen molar-refractivity contribution in [3.05, 3.63) is 0 Å². The van der Waals surface area contributed by atoms with Crippen molar-refractivity contribution in [3.8, 4) is 0 Å². The fraction of sp³-hybridized carbons (Fsp3) is 1.00. The molecule has 0 unspecified atom stereocenters. The monoisotopic (exact) mass is 155 g/mol. The van der Waals surface area contributed by atoms with Crippen LogP contribution < -0.4 is 0 Å². The van der Waals surface area contributed by atoms with Crippen LogP contribution in [0.2, 0.25) is 0 Å². The van der Waals surface area contributed by atoms with Crippen LogP contribution in [0.4, 0.5) is 13.2 Å². The highest BCUT2D eigenvalue weighted by Crippen LogP contribution is 2.16. The molecule has 2 nitrogen and oxygen atoms in total. The summed E-state index contributed by atoms with van der Waals surface area (Å²) in [6.07, 6.45) is -4.46. The van der Waals surface area contributed by atoms with E-state index in [1.165, 1.54) is 0 Å². The van der Waals surface area contributed by atoms with E-state index in [4.69, 9.17) is 0 Å². The first-order valence-electron chi connectivity index (χ1n) is 3.01. The number of halogens is 3. The molecular formula is C5H8F3NO. The second-order valence-electron chi connectivity index (χ2n) is 2.14. The number of rotatable bonds is 3. The number of alkyl halides is 3. The van der Waals surface area contributed by atoms with Gasteiger partial charge >= 0.3 is 6.36 Å². The van der Waals surface area contributed by atoms with E-state index >= 15 is 0 Å². The zero-order valence-corrected chi connectivity index (χ0v) is 5.32. The fourth-order valence-corrected chi connectivity index (χ4v) is 0.585. The molecule has 10 heavy (non-hydrogen) atoms. The zero-order chi connectivity index (χ0) is 7.61. The van der Waals surface area contributed by atoms with Crippen molar-refractivity contribution in [2.45, 2.75) is 6.36 Å². The van der Waals surface area contributed by atoms with E-state index in [-0.39, 0.29) is 6.61 Å². The first-order valence-corrected chi connectivity index (χ1v) is 3.01. The van der Waals surface area contributed by atoms with Gasteiger partial charge in [-0.2, -0.15) is 0 Å². The van der Waals surface area contributed by atoms with Crippen LogP contribution in [0.3, 0.4) is 0 Å². The van der Waals surface area contributed by atoms with Crippen molar-refractivity contribution in [3.63, 3.8) is 0 Å². The lowest BCUT2D eigenvalue weighted by Crippen LogP contribution is -2.18. The highest BCUT2D eigenvalue weighted by atomic mass is 19.4. The Labute approximate surface area is 56.6 Å². The molecule has 1 heterocycles. The first kappa shape index (κ1) is 7.81. The first-order chi connectivity index (χ1) is 4.58. The molecule has 0 saturated carbocycles. The van der Waals surface area contributed by atoms with Gasteiger partial charge in [-0.05, 0) is 0 Å². The number of hydrogen-bond donors (Lipinski definition) is 0. The second kappa shape index (κ2) is 2.75. The Morgan fingerprint density at radius 2 is 1.90 bits per heavy atom. The predicted octanol–water partition coefficient (Wildman–Crippen LogP) is 0.838. The van der Waals surface area contributed by atoms with Crippen LogP contribution >= 0.6 is 0 Å². The van der Waals surface area contributed by atoms with Gasteiger partial charge in [0, 0.05) is 19.6 Å². The van der Waals surface area contributed by atoms with Gasteiger partial charge in [-0.3, -0.25) is 9.64 Å². The maximum absolute atomic E-state index is 11.3. The van der Waals surface area contributed by atoms with E-state index in [1.807, 2.05) is 4.90 Å². The summed E-state index contributed by atoms with van der Waals surface area (Å²) >= 11 is 0. The van der Waals surface area contributed by atoms with E-state index in [9.17, 15) is 13.2 Å². The topological polar surface area (TPSA) is 12.2 Å². The molecule has 0 spiro atoms. The summed E-state index contributed by atoms with van der Waals surface area (Å²) in [5, 5.41) is 0. The van der Waals surface area contributed by atoms with Crippen molar-refractivity contribution in [2.75, 3.05) is 26.2 Å². The van der Waals surface area contributed by atoms with Crippen LogP contribution in [-0.2, 0) is 4.74 Å². The van der Waals surface area contributed by atoms with Crippen LogP contribution in [0, 0.1) is 0 Å². The summed E-state index contributed by atoms with van der Waals surface area (Å²) in [5.41, 5.74) is 0. The van der Waals surface area contributed by atoms with Crippen molar-refractivity contribution < 1.29 is 17.9 Å². The van der Waals surface area contributed by atoms with E-state index in [0.717, 1.165) is 13.1 Å². The quantitative estimate of drug-likeness (QED) is 0.560. The lowest BCUT2D eigenvalue weighted by atomic mass is 10.7. The van der Waals surface area contributed by atoms with Gasteiger partial charge in [-0.1, -0.05) is 0 Å². The molecule has 0 aromatic rings. The summed E-state index contributed by atoms with van der Waals surface area (Å²) in [5.74, 6) is 0. The highest BCUT2D eigenvalue weighted by Gasteiger charge is 2.29. The third kappa shape index (κ3) is 3.68. The van der Waals surface area contributed by atoms with Gasteiger partial charge in [-0.25, -0.2) is 0 Å². The molecule has 0 radical (unpaired) electrons. The Bertz CT molecular complexity index is 110. The molecule has 0 amide bonds. The average Bonchev–Trinajstić information content (AvgIpc) is 2.45. The van der Waals surface area contributed by atoms with Crippen molar-refractivity contribution >= 4 is 0 Å². The fourth-order valence-electron chi connectivity index (χ4n) is 0.585. The molecular weight excluding hydrogens is 147 g/mol. The maximum atomic E-state index is 11.3. The molecule has 0 aromatic carbocycles. The summed E-state index contributed by atoms with van der Waals surface area (Å²) in [4.78, 5) is 1.87. The predicted molar refractivity (Wildman–Crippen MR) is 28.4 cm³/mol. The third-order valence-corrected chi connectivity index (χ3v) is 1.21. The van der Waals surface area contributed by atoms with Gasteiger partial charge in [0.15, 0.2) is 0 Å². The molecule has 0 atom stereocenters. The highest BCUT2D eigenvalue weighted by molar-refractivity contribution is 4.71. The molecule has 0 aromatic heterocycles. The molecule has 5 heteroatoms. The van der Waals surface area contributed by atoms with Crippen LogP contribution in [0.15, 0.2) is 0 Å². The minimum absolute atomic E-state index is 0.247. The van der Waals surface area contributed by atoms with Crippen LogP contribution in [0.25, 0.3) is 0 Å². The lowest BCUT2D eigenvalue weighted by molar-refractivity contribution is -0.324. The Morgan fingerprint density at radius 3 is 2.30 bits per heavy atom.